The van der Waals surface area contributed by atoms with Gasteiger partial charge in [-0.1, -0.05) is 0 Å². The van der Waals surface area contributed by atoms with Crippen molar-refractivity contribution in [3.63, 3.8) is 0 Å². The summed E-state index contributed by atoms with van der Waals surface area (Å²) in [5.41, 5.74) is 7.52. The van der Waals surface area contributed by atoms with Crippen molar-refractivity contribution in [1.29, 1.82) is 0 Å². The summed E-state index contributed by atoms with van der Waals surface area (Å²) in [4.78, 5) is 33.0. The fraction of sp³-hybridized carbons (Fsp3) is 0.722. The first kappa shape index (κ1) is 19.3. The fourth-order valence-corrected chi connectivity index (χ4v) is 4.74. The molecule has 1 aromatic rings. The van der Waals surface area contributed by atoms with Crippen LogP contribution in [-0.4, -0.2) is 72.5 Å². The highest BCUT2D eigenvalue weighted by Crippen LogP contribution is 2.35. The number of piperidine rings is 2. The molecule has 3 heterocycles. The van der Waals surface area contributed by atoms with Crippen LogP contribution in [0.3, 0.4) is 0 Å². The van der Waals surface area contributed by atoms with Gasteiger partial charge in [-0.05, 0) is 38.6 Å². The Bertz CT molecular complexity index is 616. The summed E-state index contributed by atoms with van der Waals surface area (Å²) in [7, 11) is 1.66. The molecular weight excluding hydrogens is 352 g/mol. The number of nitrogens with zero attached hydrogens (tertiary/aromatic N) is 3. The minimum Gasteiger partial charge on any atom is -0.385 e. The van der Waals surface area contributed by atoms with Gasteiger partial charge in [0, 0.05) is 44.8 Å². The fourth-order valence-electron chi connectivity index (χ4n) is 4.22. The van der Waals surface area contributed by atoms with E-state index in [1.807, 2.05) is 4.90 Å². The summed E-state index contributed by atoms with van der Waals surface area (Å²) < 4.78 is 5.20. The van der Waals surface area contributed by atoms with Crippen LogP contribution >= 0.6 is 11.3 Å². The number of ether oxygens (including phenoxy) is 1. The number of nitrogens with two attached hydrogens (primary N) is 1. The second-order valence-corrected chi connectivity index (χ2v) is 8.08. The molecular formula is C18H28N4O3S. The molecule has 0 aromatic carbocycles. The Morgan fingerprint density at radius 3 is 2.77 bits per heavy atom. The molecule has 2 fully saturated rings. The van der Waals surface area contributed by atoms with Gasteiger partial charge in [0.1, 0.15) is 5.69 Å². The van der Waals surface area contributed by atoms with Crippen molar-refractivity contribution < 1.29 is 14.3 Å². The van der Waals surface area contributed by atoms with Gasteiger partial charge in [-0.2, -0.15) is 0 Å². The van der Waals surface area contributed by atoms with E-state index in [1.165, 1.54) is 11.3 Å². The molecule has 26 heavy (non-hydrogen) atoms. The lowest BCUT2D eigenvalue weighted by atomic mass is 9.76. The number of hydrogen-bond acceptors (Lipinski definition) is 6. The summed E-state index contributed by atoms with van der Waals surface area (Å²) >= 11 is 1.44. The quantitative estimate of drug-likeness (QED) is 0.805. The van der Waals surface area contributed by atoms with Gasteiger partial charge in [0.05, 0.1) is 10.9 Å². The van der Waals surface area contributed by atoms with E-state index in [0.717, 1.165) is 45.3 Å². The van der Waals surface area contributed by atoms with Gasteiger partial charge in [-0.25, -0.2) is 4.98 Å². The van der Waals surface area contributed by atoms with Gasteiger partial charge in [0.25, 0.3) is 5.91 Å². The standard InChI is InChI=1S/C18H28N4O3S/c1-25-10-6-18(17(19)24)5-2-7-22(12-18)14-3-8-21(9-4-14)16(23)15-11-26-13-20-15/h11,13-14H,2-10,12H2,1H3,(H2,19,24). The molecule has 1 atom stereocenters. The number of likely N-dealkylation sites (tertiary alicyclic amines) is 2. The van der Waals surface area contributed by atoms with Crippen LogP contribution in [0, 0.1) is 5.41 Å². The van der Waals surface area contributed by atoms with Gasteiger partial charge in [0.2, 0.25) is 5.91 Å². The zero-order valence-corrected chi connectivity index (χ0v) is 16.2. The van der Waals surface area contributed by atoms with E-state index in [9.17, 15) is 9.59 Å². The Morgan fingerprint density at radius 2 is 2.15 bits per heavy atom. The highest BCUT2D eigenvalue weighted by atomic mass is 32.1. The summed E-state index contributed by atoms with van der Waals surface area (Å²) in [5, 5.41) is 1.80. The lowest BCUT2D eigenvalue weighted by molar-refractivity contribution is -0.133. The van der Waals surface area contributed by atoms with Crippen LogP contribution in [0.1, 0.15) is 42.6 Å². The van der Waals surface area contributed by atoms with Crippen LogP contribution in [0.25, 0.3) is 0 Å². The normalized spacial score (nSPS) is 25.3. The van der Waals surface area contributed by atoms with Gasteiger partial charge < -0.3 is 15.4 Å². The summed E-state index contributed by atoms with van der Waals surface area (Å²) in [6.07, 6.45) is 4.34. The number of thiazole rings is 1. The topological polar surface area (TPSA) is 88.8 Å². The second kappa shape index (κ2) is 8.45. The minimum absolute atomic E-state index is 0.0231. The Labute approximate surface area is 158 Å². The van der Waals surface area contributed by atoms with Crippen molar-refractivity contribution in [2.75, 3.05) is 39.9 Å². The average Bonchev–Trinajstić information content (AvgIpc) is 3.21. The van der Waals surface area contributed by atoms with Gasteiger partial charge in [-0.3, -0.25) is 14.5 Å². The number of primary amides is 1. The lowest BCUT2D eigenvalue weighted by Crippen LogP contribution is -2.56. The van der Waals surface area contributed by atoms with Gasteiger partial charge in [0.15, 0.2) is 0 Å². The van der Waals surface area contributed by atoms with Crippen molar-refractivity contribution >= 4 is 23.2 Å². The summed E-state index contributed by atoms with van der Waals surface area (Å²) in [5.74, 6) is -0.190. The summed E-state index contributed by atoms with van der Waals surface area (Å²) in [6.45, 7) is 3.72. The van der Waals surface area contributed by atoms with E-state index in [-0.39, 0.29) is 11.8 Å². The number of amides is 2. The first-order valence-electron chi connectivity index (χ1n) is 9.26. The summed E-state index contributed by atoms with van der Waals surface area (Å²) in [6, 6.07) is 0.399. The molecule has 8 heteroatoms. The third-order valence-corrected chi connectivity index (χ3v) is 6.42. The van der Waals surface area contributed by atoms with Crippen LogP contribution in [0.4, 0.5) is 0 Å². The average molecular weight is 381 g/mol. The molecule has 3 rings (SSSR count). The first-order chi connectivity index (χ1) is 12.6. The zero-order chi connectivity index (χ0) is 18.6. The van der Waals surface area contributed by atoms with E-state index in [0.29, 0.717) is 31.3 Å². The third kappa shape index (κ3) is 4.07. The number of hydrogen-bond donors (Lipinski definition) is 1. The molecule has 144 valence electrons. The second-order valence-electron chi connectivity index (χ2n) is 7.36. The van der Waals surface area contributed by atoms with E-state index >= 15 is 0 Å². The maximum atomic E-state index is 12.4. The van der Waals surface area contributed by atoms with E-state index in [4.69, 9.17) is 10.5 Å². The van der Waals surface area contributed by atoms with Crippen molar-refractivity contribution in [1.82, 2.24) is 14.8 Å². The molecule has 0 saturated carbocycles. The zero-order valence-electron chi connectivity index (χ0n) is 15.4. The largest absolute Gasteiger partial charge is 0.385 e. The minimum atomic E-state index is -0.484. The molecule has 0 spiro atoms. The predicted octanol–water partition coefficient (Wildman–Crippen LogP) is 1.35. The molecule has 0 radical (unpaired) electrons. The van der Waals surface area contributed by atoms with Crippen LogP contribution in [0.15, 0.2) is 10.9 Å². The van der Waals surface area contributed by atoms with E-state index < -0.39 is 5.41 Å². The maximum Gasteiger partial charge on any atom is 0.273 e. The van der Waals surface area contributed by atoms with Crippen molar-refractivity contribution in [3.05, 3.63) is 16.6 Å². The molecule has 0 bridgehead atoms. The molecule has 2 saturated heterocycles. The van der Waals surface area contributed by atoms with E-state index in [1.54, 1.807) is 18.0 Å². The van der Waals surface area contributed by atoms with Gasteiger partial charge >= 0.3 is 0 Å². The first-order valence-corrected chi connectivity index (χ1v) is 10.2. The van der Waals surface area contributed by atoms with Gasteiger partial charge in [-0.15, -0.1) is 11.3 Å². The number of aromatic nitrogens is 1. The molecule has 7 nitrogen and oxygen atoms in total. The Kier molecular flexibility index (Phi) is 6.26. The Balaban J connectivity index is 1.58. The number of rotatable bonds is 6. The predicted molar refractivity (Wildman–Crippen MR) is 100.0 cm³/mol. The van der Waals surface area contributed by atoms with Crippen molar-refractivity contribution in [3.8, 4) is 0 Å². The Hall–Kier alpha value is -1.51. The molecule has 1 unspecified atom stereocenters. The molecule has 1 aromatic heterocycles. The SMILES string of the molecule is COCCC1(C(N)=O)CCCN(C2CCN(C(=O)c3cscn3)CC2)C1. The number of carbonyl (C=O) groups excluding carboxylic acids is 2. The molecule has 0 aliphatic carbocycles. The molecule has 2 N–H and O–H groups in total. The van der Waals surface area contributed by atoms with Crippen LogP contribution in [0.5, 0.6) is 0 Å². The van der Waals surface area contributed by atoms with E-state index in [2.05, 4.69) is 9.88 Å². The molecule has 2 aliphatic rings. The molecule has 2 aliphatic heterocycles. The smallest absolute Gasteiger partial charge is 0.273 e. The third-order valence-electron chi connectivity index (χ3n) is 5.83. The number of methoxy groups -OCH3 is 1. The highest BCUT2D eigenvalue weighted by Gasteiger charge is 2.42. The van der Waals surface area contributed by atoms with Crippen LogP contribution in [-0.2, 0) is 9.53 Å². The lowest BCUT2D eigenvalue weighted by Gasteiger charge is -2.46. The maximum absolute atomic E-state index is 12.4. The van der Waals surface area contributed by atoms with Crippen molar-refractivity contribution in [2.45, 2.75) is 38.1 Å². The van der Waals surface area contributed by atoms with Crippen LogP contribution in [0.2, 0.25) is 0 Å². The molecule has 2 amide bonds. The monoisotopic (exact) mass is 380 g/mol. The van der Waals surface area contributed by atoms with Crippen molar-refractivity contribution in [2.24, 2.45) is 11.1 Å². The Morgan fingerprint density at radius 1 is 1.38 bits per heavy atom. The van der Waals surface area contributed by atoms with Crippen LogP contribution < -0.4 is 5.73 Å². The highest BCUT2D eigenvalue weighted by molar-refractivity contribution is 7.07. The number of carbonyl (C=O) groups is 2.